The van der Waals surface area contributed by atoms with E-state index in [0.29, 0.717) is 28.6 Å². The number of methoxy groups -OCH3 is 3. The van der Waals surface area contributed by atoms with Gasteiger partial charge in [-0.1, -0.05) is 6.92 Å². The van der Waals surface area contributed by atoms with Crippen LogP contribution < -0.4 is 14.2 Å². The second-order valence-electron chi connectivity index (χ2n) is 4.76. The predicted octanol–water partition coefficient (Wildman–Crippen LogP) is 4.58. The smallest absolute Gasteiger partial charge is 0.390 e. The molecule has 0 amide bonds. The van der Waals surface area contributed by atoms with E-state index in [0.717, 1.165) is 17.8 Å². The zero-order valence-electron chi connectivity index (χ0n) is 15.1. The number of rotatable bonds is 11. The van der Waals surface area contributed by atoms with Crippen LogP contribution in [0.15, 0.2) is 12.1 Å². The van der Waals surface area contributed by atoms with Crippen molar-refractivity contribution in [2.45, 2.75) is 26.4 Å². The van der Waals surface area contributed by atoms with E-state index in [1.54, 1.807) is 19.1 Å². The molecule has 0 aliphatic rings. The van der Waals surface area contributed by atoms with Gasteiger partial charge in [0.2, 0.25) is 0 Å². The first-order chi connectivity index (χ1) is 12.0. The van der Waals surface area contributed by atoms with E-state index < -0.39 is 12.9 Å². The van der Waals surface area contributed by atoms with Gasteiger partial charge in [-0.15, -0.1) is 0 Å². The Morgan fingerprint density at radius 3 is 2.16 bits per heavy atom. The highest BCUT2D eigenvalue weighted by molar-refractivity contribution is 8.55. The molecule has 140 valence electrons. The maximum Gasteiger partial charge on any atom is 0.390 e. The maximum atomic E-state index is 12.9. The molecule has 0 heterocycles. The molecule has 0 fully saturated rings. The fourth-order valence-corrected chi connectivity index (χ4v) is 5.55. The van der Waals surface area contributed by atoms with Gasteiger partial charge in [0.1, 0.15) is 23.3 Å². The average Bonchev–Trinajstić information content (AvgIpc) is 2.63. The van der Waals surface area contributed by atoms with Crippen LogP contribution >= 0.6 is 18.2 Å². The lowest BCUT2D eigenvalue weighted by Gasteiger charge is -2.22. The molecular weight excluding hydrogens is 365 g/mol. The molecule has 1 aromatic rings. The van der Waals surface area contributed by atoms with Crippen LogP contribution in [-0.2, 0) is 13.6 Å². The van der Waals surface area contributed by atoms with Gasteiger partial charge in [-0.05, 0) is 24.7 Å². The molecular formula is C16H24NO6PS. The fourth-order valence-electron chi connectivity index (χ4n) is 2.02. The van der Waals surface area contributed by atoms with Crippen molar-refractivity contribution in [3.05, 3.63) is 17.7 Å². The number of ether oxygens (including phenoxy) is 3. The fraction of sp³-hybridized carbons (Fsp3) is 0.562. The Labute approximate surface area is 152 Å². The molecule has 0 spiro atoms. The van der Waals surface area contributed by atoms with E-state index in [9.17, 15) is 9.83 Å². The van der Waals surface area contributed by atoms with Crippen LogP contribution in [0.2, 0.25) is 0 Å². The summed E-state index contributed by atoms with van der Waals surface area (Å²) < 4.78 is 39.7. The SMILES string of the molecule is CCCSP(=O)(OCC)OC(C#N)c1c(OC)cc(OC)cc1OC. The Morgan fingerprint density at radius 2 is 1.76 bits per heavy atom. The molecule has 0 aliphatic heterocycles. The monoisotopic (exact) mass is 389 g/mol. The minimum absolute atomic E-state index is 0.211. The number of hydrogen-bond acceptors (Lipinski definition) is 8. The summed E-state index contributed by atoms with van der Waals surface area (Å²) in [5.74, 6) is 1.77. The number of nitriles is 1. The van der Waals surface area contributed by atoms with Crippen LogP contribution in [0.25, 0.3) is 0 Å². The van der Waals surface area contributed by atoms with Gasteiger partial charge in [-0.2, -0.15) is 5.26 Å². The summed E-state index contributed by atoms with van der Waals surface area (Å²) in [6, 6.07) is 5.22. The molecule has 25 heavy (non-hydrogen) atoms. The summed E-state index contributed by atoms with van der Waals surface area (Å²) in [5, 5.41) is 9.60. The zero-order valence-corrected chi connectivity index (χ0v) is 16.8. The van der Waals surface area contributed by atoms with Gasteiger partial charge >= 0.3 is 6.80 Å². The van der Waals surface area contributed by atoms with Gasteiger partial charge in [0.25, 0.3) is 0 Å². The van der Waals surface area contributed by atoms with Crippen molar-refractivity contribution < 1.29 is 27.8 Å². The third kappa shape index (κ3) is 5.82. The molecule has 0 aliphatic carbocycles. The lowest BCUT2D eigenvalue weighted by molar-refractivity contribution is 0.192. The lowest BCUT2D eigenvalue weighted by Crippen LogP contribution is -2.07. The summed E-state index contributed by atoms with van der Waals surface area (Å²) in [6.07, 6.45) is -0.380. The van der Waals surface area contributed by atoms with Crippen molar-refractivity contribution in [2.75, 3.05) is 33.7 Å². The summed E-state index contributed by atoms with van der Waals surface area (Å²) in [5.41, 5.74) is 0.338. The Bertz CT molecular complexity index is 623. The van der Waals surface area contributed by atoms with Gasteiger partial charge < -0.3 is 18.7 Å². The van der Waals surface area contributed by atoms with E-state index in [-0.39, 0.29) is 6.61 Å². The Morgan fingerprint density at radius 1 is 1.16 bits per heavy atom. The highest BCUT2D eigenvalue weighted by atomic mass is 32.7. The maximum absolute atomic E-state index is 12.9. The molecule has 2 unspecified atom stereocenters. The van der Waals surface area contributed by atoms with Crippen molar-refractivity contribution in [1.82, 2.24) is 0 Å². The molecule has 1 aromatic carbocycles. The molecule has 0 saturated heterocycles. The predicted molar refractivity (Wildman–Crippen MR) is 97.5 cm³/mol. The van der Waals surface area contributed by atoms with Crippen molar-refractivity contribution in [2.24, 2.45) is 0 Å². The van der Waals surface area contributed by atoms with Gasteiger partial charge in [0.15, 0.2) is 6.10 Å². The van der Waals surface area contributed by atoms with Gasteiger partial charge in [0, 0.05) is 17.9 Å². The molecule has 0 saturated carbocycles. The molecule has 0 aromatic heterocycles. The first-order valence-corrected chi connectivity index (χ1v) is 10.9. The van der Waals surface area contributed by atoms with Gasteiger partial charge in [0.05, 0.1) is 33.5 Å². The van der Waals surface area contributed by atoms with Crippen LogP contribution in [0.3, 0.4) is 0 Å². The first-order valence-electron chi connectivity index (χ1n) is 7.75. The summed E-state index contributed by atoms with van der Waals surface area (Å²) in [4.78, 5) is 0. The molecule has 0 bridgehead atoms. The molecule has 9 heteroatoms. The average molecular weight is 389 g/mol. The Hall–Kier alpha value is -1.39. The summed E-state index contributed by atoms with van der Waals surface area (Å²) >= 11 is 1.08. The molecule has 2 atom stereocenters. The molecule has 1 rings (SSSR count). The van der Waals surface area contributed by atoms with Crippen LogP contribution in [-0.4, -0.2) is 33.7 Å². The first kappa shape index (κ1) is 21.7. The van der Waals surface area contributed by atoms with Crippen LogP contribution in [0.4, 0.5) is 0 Å². The minimum Gasteiger partial charge on any atom is -0.496 e. The summed E-state index contributed by atoms with van der Waals surface area (Å²) in [7, 11) is 4.43. The van der Waals surface area contributed by atoms with Crippen LogP contribution in [0.1, 0.15) is 31.9 Å². The normalized spacial score (nSPS) is 14.2. The highest BCUT2D eigenvalue weighted by Gasteiger charge is 2.33. The summed E-state index contributed by atoms with van der Waals surface area (Å²) in [6.45, 7) is 0.389. The molecule has 0 radical (unpaired) electrons. The highest BCUT2D eigenvalue weighted by Crippen LogP contribution is 2.63. The van der Waals surface area contributed by atoms with E-state index in [2.05, 4.69) is 0 Å². The largest absolute Gasteiger partial charge is 0.496 e. The van der Waals surface area contributed by atoms with Crippen LogP contribution in [0, 0.1) is 11.3 Å². The van der Waals surface area contributed by atoms with E-state index >= 15 is 0 Å². The zero-order chi connectivity index (χ0) is 18.9. The minimum atomic E-state index is -3.50. The molecule has 0 N–H and O–H groups in total. The topological polar surface area (TPSA) is 87.0 Å². The standard InChI is InChI=1S/C16H24NO6PS/c1-6-8-25-24(18,22-7-2)23-15(11-17)16-13(20-4)9-12(19-3)10-14(16)21-5/h9-10,15H,6-8H2,1-5H3. The molecule has 7 nitrogen and oxygen atoms in total. The quantitative estimate of drug-likeness (QED) is 0.508. The van der Waals surface area contributed by atoms with Crippen LogP contribution in [0.5, 0.6) is 17.2 Å². The third-order valence-electron chi connectivity index (χ3n) is 3.11. The van der Waals surface area contributed by atoms with Crippen molar-refractivity contribution in [1.29, 1.82) is 5.26 Å². The number of nitrogens with zero attached hydrogens (tertiary/aromatic N) is 1. The number of hydrogen-bond donors (Lipinski definition) is 0. The van der Waals surface area contributed by atoms with E-state index in [4.69, 9.17) is 23.3 Å². The van der Waals surface area contributed by atoms with Gasteiger partial charge in [-0.25, -0.2) is 4.57 Å². The van der Waals surface area contributed by atoms with E-state index in [1.807, 2.05) is 13.0 Å². The lowest BCUT2D eigenvalue weighted by atomic mass is 10.1. The van der Waals surface area contributed by atoms with Crippen molar-refractivity contribution >= 4 is 18.2 Å². The van der Waals surface area contributed by atoms with Crippen molar-refractivity contribution in [3.63, 3.8) is 0 Å². The second kappa shape index (κ2) is 10.6. The van der Waals surface area contributed by atoms with E-state index in [1.165, 1.54) is 21.3 Å². The second-order valence-corrected chi connectivity index (χ2v) is 8.90. The third-order valence-corrected chi connectivity index (χ3v) is 7.13. The number of benzene rings is 1. The van der Waals surface area contributed by atoms with Gasteiger partial charge in [-0.3, -0.25) is 4.52 Å². The van der Waals surface area contributed by atoms with Crippen molar-refractivity contribution in [3.8, 4) is 23.3 Å². The Kier molecular flexibility index (Phi) is 9.15. The Balaban J connectivity index is 3.30.